The van der Waals surface area contributed by atoms with Gasteiger partial charge in [0.1, 0.15) is 6.10 Å². The first-order valence-electron chi connectivity index (χ1n) is 5.04. The lowest BCUT2D eigenvalue weighted by Gasteiger charge is -2.36. The van der Waals surface area contributed by atoms with E-state index in [1.54, 1.807) is 0 Å². The second kappa shape index (κ2) is 3.56. The first-order valence-corrected chi connectivity index (χ1v) is 5.04. The molecule has 0 amide bonds. The predicted molar refractivity (Wildman–Crippen MR) is 48.7 cm³/mol. The van der Waals surface area contributed by atoms with E-state index in [1.165, 1.54) is 0 Å². The molecule has 2 aliphatic heterocycles. The van der Waals surface area contributed by atoms with Crippen LogP contribution in [0.15, 0.2) is 0 Å². The molecule has 2 heterocycles. The highest BCUT2D eigenvalue weighted by Crippen LogP contribution is 2.24. The zero-order valence-electron chi connectivity index (χ0n) is 8.41. The van der Waals surface area contributed by atoms with Gasteiger partial charge in [0.15, 0.2) is 0 Å². The minimum Gasteiger partial charge on any atom is -0.375 e. The fraction of sp³-hybridized carbons (Fsp3) is 1.00. The van der Waals surface area contributed by atoms with E-state index in [0.717, 1.165) is 19.4 Å². The Labute approximate surface area is 79.4 Å². The van der Waals surface area contributed by atoms with Crippen LogP contribution in [0.3, 0.4) is 0 Å². The van der Waals surface area contributed by atoms with Crippen molar-refractivity contribution in [3.05, 3.63) is 0 Å². The van der Waals surface area contributed by atoms with Crippen LogP contribution in [0.2, 0.25) is 0 Å². The summed E-state index contributed by atoms with van der Waals surface area (Å²) in [4.78, 5) is 0. The first-order chi connectivity index (χ1) is 6.17. The monoisotopic (exact) mass is 186 g/mol. The lowest BCUT2D eigenvalue weighted by molar-refractivity contribution is -0.200. The third-order valence-electron chi connectivity index (χ3n) is 2.66. The average Bonchev–Trinajstić information content (AvgIpc) is 2.56. The lowest BCUT2D eigenvalue weighted by Crippen LogP contribution is -2.46. The van der Waals surface area contributed by atoms with Gasteiger partial charge in [-0.05, 0) is 26.7 Å². The summed E-state index contributed by atoms with van der Waals surface area (Å²) in [5.41, 5.74) is -0.116. The van der Waals surface area contributed by atoms with Gasteiger partial charge in [0.2, 0.25) is 0 Å². The van der Waals surface area contributed by atoms with E-state index in [9.17, 15) is 0 Å². The van der Waals surface area contributed by atoms with Crippen molar-refractivity contribution in [1.29, 1.82) is 0 Å². The summed E-state index contributed by atoms with van der Waals surface area (Å²) < 4.78 is 17.0. The van der Waals surface area contributed by atoms with Crippen molar-refractivity contribution in [2.75, 3.05) is 19.8 Å². The summed E-state index contributed by atoms with van der Waals surface area (Å²) in [5, 5.41) is 0. The van der Waals surface area contributed by atoms with Crippen molar-refractivity contribution in [2.45, 2.75) is 44.5 Å². The second-order valence-electron chi connectivity index (χ2n) is 4.47. The number of hydrogen-bond donors (Lipinski definition) is 0. The maximum absolute atomic E-state index is 5.73. The fourth-order valence-corrected chi connectivity index (χ4v) is 1.82. The summed E-state index contributed by atoms with van der Waals surface area (Å²) in [6.45, 7) is 6.35. The van der Waals surface area contributed by atoms with Crippen molar-refractivity contribution in [1.82, 2.24) is 0 Å². The molecular formula is C10H18O3. The van der Waals surface area contributed by atoms with E-state index in [-0.39, 0.29) is 17.8 Å². The molecule has 3 nitrogen and oxygen atoms in total. The molecule has 2 aliphatic rings. The Balaban J connectivity index is 1.83. The highest BCUT2D eigenvalue weighted by atomic mass is 16.6. The van der Waals surface area contributed by atoms with Crippen LogP contribution >= 0.6 is 0 Å². The Morgan fingerprint density at radius 1 is 1.15 bits per heavy atom. The van der Waals surface area contributed by atoms with E-state index < -0.39 is 0 Å². The molecule has 0 N–H and O–H groups in total. The van der Waals surface area contributed by atoms with Crippen LogP contribution in [-0.4, -0.2) is 37.6 Å². The molecule has 2 atom stereocenters. The molecule has 2 rings (SSSR count). The molecule has 0 aromatic carbocycles. The Bertz CT molecular complexity index is 163. The highest BCUT2D eigenvalue weighted by molar-refractivity contribution is 4.81. The van der Waals surface area contributed by atoms with Gasteiger partial charge in [0, 0.05) is 6.61 Å². The molecule has 2 unspecified atom stereocenters. The molecule has 2 saturated heterocycles. The molecule has 76 valence electrons. The molecule has 0 radical (unpaired) electrons. The van der Waals surface area contributed by atoms with Gasteiger partial charge in [0.25, 0.3) is 0 Å². The van der Waals surface area contributed by atoms with Crippen LogP contribution in [-0.2, 0) is 14.2 Å². The Kier molecular flexibility index (Phi) is 2.58. The zero-order valence-corrected chi connectivity index (χ0v) is 8.41. The van der Waals surface area contributed by atoms with Crippen molar-refractivity contribution >= 4 is 0 Å². The molecule has 0 aliphatic carbocycles. The minimum absolute atomic E-state index is 0.116. The number of hydrogen-bond acceptors (Lipinski definition) is 3. The van der Waals surface area contributed by atoms with Crippen LogP contribution in [0, 0.1) is 0 Å². The van der Waals surface area contributed by atoms with Crippen molar-refractivity contribution in [3.63, 3.8) is 0 Å². The van der Waals surface area contributed by atoms with Crippen molar-refractivity contribution < 1.29 is 14.2 Å². The van der Waals surface area contributed by atoms with Gasteiger partial charge in [-0.15, -0.1) is 0 Å². The van der Waals surface area contributed by atoms with Gasteiger partial charge in [0.05, 0.1) is 24.9 Å². The highest BCUT2D eigenvalue weighted by Gasteiger charge is 2.34. The maximum Gasteiger partial charge on any atom is 0.107 e. The van der Waals surface area contributed by atoms with E-state index in [0.29, 0.717) is 13.2 Å². The number of rotatable bonds is 1. The topological polar surface area (TPSA) is 27.7 Å². The van der Waals surface area contributed by atoms with Crippen LogP contribution in [0.25, 0.3) is 0 Å². The standard InChI is InChI=1S/C10H18O3/c1-10(2)7-12-9(6-13-10)8-4-3-5-11-8/h8-9H,3-7H2,1-2H3. The third kappa shape index (κ3) is 2.22. The SMILES string of the molecule is CC1(C)COC(C2CCCO2)CO1. The van der Waals surface area contributed by atoms with E-state index in [2.05, 4.69) is 13.8 Å². The van der Waals surface area contributed by atoms with Crippen LogP contribution in [0.5, 0.6) is 0 Å². The Morgan fingerprint density at radius 2 is 2.00 bits per heavy atom. The minimum atomic E-state index is -0.116. The van der Waals surface area contributed by atoms with E-state index in [1.807, 2.05) is 0 Å². The molecule has 0 saturated carbocycles. The van der Waals surface area contributed by atoms with Crippen LogP contribution in [0.1, 0.15) is 26.7 Å². The first kappa shape index (κ1) is 9.44. The molecule has 0 spiro atoms. The summed E-state index contributed by atoms with van der Waals surface area (Å²) in [6.07, 6.45) is 2.72. The van der Waals surface area contributed by atoms with Crippen molar-refractivity contribution in [3.8, 4) is 0 Å². The Hall–Kier alpha value is -0.120. The lowest BCUT2D eigenvalue weighted by atomic mass is 10.1. The Morgan fingerprint density at radius 3 is 2.54 bits per heavy atom. The summed E-state index contributed by atoms with van der Waals surface area (Å²) in [6, 6.07) is 0. The van der Waals surface area contributed by atoms with Gasteiger partial charge in [-0.25, -0.2) is 0 Å². The van der Waals surface area contributed by atoms with E-state index >= 15 is 0 Å². The summed E-state index contributed by atoms with van der Waals surface area (Å²) in [5.74, 6) is 0. The summed E-state index contributed by atoms with van der Waals surface area (Å²) in [7, 11) is 0. The second-order valence-corrected chi connectivity index (χ2v) is 4.47. The van der Waals surface area contributed by atoms with Gasteiger partial charge >= 0.3 is 0 Å². The smallest absolute Gasteiger partial charge is 0.107 e. The van der Waals surface area contributed by atoms with Crippen molar-refractivity contribution in [2.24, 2.45) is 0 Å². The van der Waals surface area contributed by atoms with Gasteiger partial charge in [-0.3, -0.25) is 0 Å². The molecule has 0 bridgehead atoms. The molecule has 13 heavy (non-hydrogen) atoms. The average molecular weight is 186 g/mol. The van der Waals surface area contributed by atoms with Gasteiger partial charge in [-0.1, -0.05) is 0 Å². The molecule has 2 fully saturated rings. The third-order valence-corrected chi connectivity index (χ3v) is 2.66. The van der Waals surface area contributed by atoms with Crippen LogP contribution in [0.4, 0.5) is 0 Å². The fourth-order valence-electron chi connectivity index (χ4n) is 1.82. The van der Waals surface area contributed by atoms with Crippen LogP contribution < -0.4 is 0 Å². The maximum atomic E-state index is 5.73. The quantitative estimate of drug-likeness (QED) is 0.619. The normalized spacial score (nSPS) is 39.2. The predicted octanol–water partition coefficient (Wildman–Crippen LogP) is 1.36. The largest absolute Gasteiger partial charge is 0.375 e. The van der Waals surface area contributed by atoms with Gasteiger partial charge < -0.3 is 14.2 Å². The number of ether oxygens (including phenoxy) is 3. The molecule has 3 heteroatoms. The van der Waals surface area contributed by atoms with Gasteiger partial charge in [-0.2, -0.15) is 0 Å². The molecular weight excluding hydrogens is 168 g/mol. The summed E-state index contributed by atoms with van der Waals surface area (Å²) >= 11 is 0. The zero-order chi connectivity index (χ0) is 9.31. The molecule has 0 aromatic rings. The molecule has 0 aromatic heterocycles. The van der Waals surface area contributed by atoms with E-state index in [4.69, 9.17) is 14.2 Å².